The van der Waals surface area contributed by atoms with Crippen molar-refractivity contribution in [3.8, 4) is 0 Å². The largest absolute Gasteiger partial charge is 0.477 e. The normalized spacial score (nSPS) is 9.65. The van der Waals surface area contributed by atoms with Gasteiger partial charge < -0.3 is 21.1 Å². The summed E-state index contributed by atoms with van der Waals surface area (Å²) in [6.45, 7) is 2.57. The number of carboxylic acids is 1. The molecular formula is C12H16N4O4. The Morgan fingerprint density at radius 3 is 2.55 bits per heavy atom. The summed E-state index contributed by atoms with van der Waals surface area (Å²) in [5.41, 5.74) is 0.262. The molecule has 0 saturated carbocycles. The smallest absolute Gasteiger partial charge is 0.354 e. The van der Waals surface area contributed by atoms with Crippen LogP contribution >= 0.6 is 0 Å². The number of nitrogens with zero attached hydrogens (tertiary/aromatic N) is 1. The molecule has 0 aliphatic rings. The number of amides is 3. The first-order valence-electron chi connectivity index (χ1n) is 6.03. The molecule has 0 bridgehead atoms. The van der Waals surface area contributed by atoms with Gasteiger partial charge in [0.15, 0.2) is 0 Å². The highest BCUT2D eigenvalue weighted by molar-refractivity contribution is 5.90. The first-order chi connectivity index (χ1) is 9.52. The zero-order valence-corrected chi connectivity index (χ0v) is 11.0. The number of carboxylic acid groups (broad SMARTS) is 1. The second-order valence-electron chi connectivity index (χ2n) is 3.82. The lowest BCUT2D eigenvalue weighted by Crippen LogP contribution is -2.33. The predicted octanol–water partition coefficient (Wildman–Crippen LogP) is 0.427. The third-order valence-electron chi connectivity index (χ3n) is 2.25. The number of nitrogens with one attached hydrogen (secondary N) is 3. The van der Waals surface area contributed by atoms with Gasteiger partial charge in [0.05, 0.1) is 11.9 Å². The van der Waals surface area contributed by atoms with Crippen LogP contribution in [-0.2, 0) is 4.79 Å². The lowest BCUT2D eigenvalue weighted by atomic mass is 10.3. The fourth-order valence-electron chi connectivity index (χ4n) is 1.34. The molecule has 0 spiro atoms. The van der Waals surface area contributed by atoms with Gasteiger partial charge in [0, 0.05) is 19.5 Å². The van der Waals surface area contributed by atoms with Crippen molar-refractivity contribution in [2.24, 2.45) is 0 Å². The number of carbonyl (C=O) groups excluding carboxylic acids is 2. The van der Waals surface area contributed by atoms with E-state index in [0.717, 1.165) is 0 Å². The van der Waals surface area contributed by atoms with Crippen LogP contribution in [0.3, 0.4) is 0 Å². The van der Waals surface area contributed by atoms with Gasteiger partial charge in [-0.15, -0.1) is 0 Å². The number of urea groups is 1. The molecule has 8 heteroatoms. The zero-order valence-electron chi connectivity index (χ0n) is 11.0. The Balaban J connectivity index is 2.35. The number of hydrogen-bond acceptors (Lipinski definition) is 4. The molecule has 4 N–H and O–H groups in total. The molecule has 108 valence electrons. The quantitative estimate of drug-likeness (QED) is 0.602. The van der Waals surface area contributed by atoms with Crippen LogP contribution in [0.15, 0.2) is 18.3 Å². The van der Waals surface area contributed by atoms with Crippen LogP contribution in [-0.4, -0.2) is 41.1 Å². The summed E-state index contributed by atoms with van der Waals surface area (Å²) in [6.07, 6.45) is 1.43. The van der Waals surface area contributed by atoms with Crippen LogP contribution in [0.4, 0.5) is 10.5 Å². The molecule has 0 saturated heterocycles. The molecule has 1 heterocycles. The van der Waals surface area contributed by atoms with E-state index < -0.39 is 12.0 Å². The third kappa shape index (κ3) is 5.34. The molecule has 0 aliphatic heterocycles. The van der Waals surface area contributed by atoms with Gasteiger partial charge >= 0.3 is 12.0 Å². The first-order valence-corrected chi connectivity index (χ1v) is 6.03. The predicted molar refractivity (Wildman–Crippen MR) is 71.5 cm³/mol. The van der Waals surface area contributed by atoms with Crippen molar-refractivity contribution >= 4 is 23.6 Å². The number of aromatic carboxylic acids is 1. The van der Waals surface area contributed by atoms with E-state index in [-0.39, 0.29) is 24.6 Å². The highest BCUT2D eigenvalue weighted by atomic mass is 16.4. The van der Waals surface area contributed by atoms with Gasteiger partial charge in [0.1, 0.15) is 5.69 Å². The van der Waals surface area contributed by atoms with E-state index >= 15 is 0 Å². The van der Waals surface area contributed by atoms with Gasteiger partial charge in [-0.2, -0.15) is 0 Å². The fraction of sp³-hybridized carbons (Fsp3) is 0.333. The van der Waals surface area contributed by atoms with E-state index in [4.69, 9.17) is 5.11 Å². The van der Waals surface area contributed by atoms with Crippen molar-refractivity contribution in [2.75, 3.05) is 18.4 Å². The lowest BCUT2D eigenvalue weighted by Gasteiger charge is -2.07. The third-order valence-corrected chi connectivity index (χ3v) is 2.25. The molecular weight excluding hydrogens is 264 g/mol. The fourth-order valence-corrected chi connectivity index (χ4v) is 1.34. The molecule has 1 aromatic rings. The molecule has 0 radical (unpaired) electrons. The molecule has 0 unspecified atom stereocenters. The Bertz CT molecular complexity index is 487. The molecule has 0 aliphatic carbocycles. The summed E-state index contributed by atoms with van der Waals surface area (Å²) in [4.78, 5) is 36.9. The maximum atomic E-state index is 11.5. The van der Waals surface area contributed by atoms with E-state index in [9.17, 15) is 14.4 Å². The number of aromatic nitrogens is 1. The highest BCUT2D eigenvalue weighted by Crippen LogP contribution is 2.05. The van der Waals surface area contributed by atoms with Gasteiger partial charge in [-0.3, -0.25) is 4.79 Å². The maximum Gasteiger partial charge on any atom is 0.354 e. The number of hydrogen-bond donors (Lipinski definition) is 4. The van der Waals surface area contributed by atoms with Crippen LogP contribution in [0.1, 0.15) is 23.8 Å². The van der Waals surface area contributed by atoms with Crippen molar-refractivity contribution in [3.05, 3.63) is 24.0 Å². The van der Waals surface area contributed by atoms with Gasteiger partial charge in [-0.25, -0.2) is 14.6 Å². The Labute approximate surface area is 115 Å². The summed E-state index contributed by atoms with van der Waals surface area (Å²) in [5, 5.41) is 16.3. The van der Waals surface area contributed by atoms with Crippen LogP contribution < -0.4 is 16.0 Å². The van der Waals surface area contributed by atoms with Crippen molar-refractivity contribution < 1.29 is 19.5 Å². The van der Waals surface area contributed by atoms with E-state index in [1.54, 1.807) is 0 Å². The first kappa shape index (κ1) is 15.4. The average molecular weight is 280 g/mol. The Kier molecular flexibility index (Phi) is 5.95. The summed E-state index contributed by atoms with van der Waals surface area (Å²) < 4.78 is 0. The number of anilines is 1. The van der Waals surface area contributed by atoms with Crippen molar-refractivity contribution in [3.63, 3.8) is 0 Å². The standard InChI is InChI=1S/C12H16N4O4/c1-2-13-10(17)5-6-14-12(20)16-8-3-4-9(11(18)19)15-7-8/h3-4,7H,2,5-6H2,1H3,(H,13,17)(H,18,19)(H2,14,16,20). The van der Waals surface area contributed by atoms with E-state index in [1.807, 2.05) is 6.92 Å². The monoisotopic (exact) mass is 280 g/mol. The van der Waals surface area contributed by atoms with Crippen molar-refractivity contribution in [1.29, 1.82) is 0 Å². The van der Waals surface area contributed by atoms with Gasteiger partial charge in [0.2, 0.25) is 5.91 Å². The minimum absolute atomic E-state index is 0.104. The molecule has 1 aromatic heterocycles. The Morgan fingerprint density at radius 1 is 1.25 bits per heavy atom. The Hall–Kier alpha value is -2.64. The van der Waals surface area contributed by atoms with Crippen LogP contribution in [0, 0.1) is 0 Å². The van der Waals surface area contributed by atoms with Crippen LogP contribution in [0.25, 0.3) is 0 Å². The summed E-state index contributed by atoms with van der Waals surface area (Å²) >= 11 is 0. The van der Waals surface area contributed by atoms with Crippen molar-refractivity contribution in [1.82, 2.24) is 15.6 Å². The molecule has 0 fully saturated rings. The van der Waals surface area contributed by atoms with Gasteiger partial charge in [0.25, 0.3) is 0 Å². The average Bonchev–Trinajstić information content (AvgIpc) is 2.39. The summed E-state index contributed by atoms with van der Waals surface area (Å²) in [7, 11) is 0. The lowest BCUT2D eigenvalue weighted by molar-refractivity contribution is -0.120. The topological polar surface area (TPSA) is 120 Å². The SMILES string of the molecule is CCNC(=O)CCNC(=O)Nc1ccc(C(=O)O)nc1. The highest BCUT2D eigenvalue weighted by Gasteiger charge is 2.06. The van der Waals surface area contributed by atoms with E-state index in [2.05, 4.69) is 20.9 Å². The molecule has 20 heavy (non-hydrogen) atoms. The van der Waals surface area contributed by atoms with Gasteiger partial charge in [-0.05, 0) is 19.1 Å². The van der Waals surface area contributed by atoms with Gasteiger partial charge in [-0.1, -0.05) is 0 Å². The number of pyridine rings is 1. The second kappa shape index (κ2) is 7.72. The molecule has 0 atom stereocenters. The molecule has 8 nitrogen and oxygen atoms in total. The number of carbonyl (C=O) groups is 3. The van der Waals surface area contributed by atoms with Crippen LogP contribution in [0.5, 0.6) is 0 Å². The summed E-state index contributed by atoms with van der Waals surface area (Å²) in [5.74, 6) is -1.27. The molecule has 0 aromatic carbocycles. The summed E-state index contributed by atoms with van der Waals surface area (Å²) in [6, 6.07) is 2.23. The van der Waals surface area contributed by atoms with E-state index in [1.165, 1.54) is 18.3 Å². The zero-order chi connectivity index (χ0) is 15.0. The second-order valence-corrected chi connectivity index (χ2v) is 3.82. The molecule has 1 rings (SSSR count). The van der Waals surface area contributed by atoms with E-state index in [0.29, 0.717) is 12.2 Å². The van der Waals surface area contributed by atoms with Crippen molar-refractivity contribution in [2.45, 2.75) is 13.3 Å². The number of rotatable bonds is 6. The minimum atomic E-state index is -1.14. The van der Waals surface area contributed by atoms with Crippen LogP contribution in [0.2, 0.25) is 0 Å². The minimum Gasteiger partial charge on any atom is -0.477 e. The maximum absolute atomic E-state index is 11.5. The Morgan fingerprint density at radius 2 is 2.00 bits per heavy atom. The molecule has 3 amide bonds.